The van der Waals surface area contributed by atoms with Gasteiger partial charge >= 0.3 is 5.97 Å². The molecule has 2 saturated heterocycles. The van der Waals surface area contributed by atoms with Crippen molar-refractivity contribution in [3.05, 3.63) is 32.4 Å². The average Bonchev–Trinajstić information content (AvgIpc) is 3.18. The van der Waals surface area contributed by atoms with Crippen molar-refractivity contribution >= 4 is 28.6 Å². The number of benzene rings is 1. The van der Waals surface area contributed by atoms with Gasteiger partial charge in [0.25, 0.3) is 0 Å². The number of esters is 1. The molecule has 0 atom stereocenters. The molecule has 6 nitrogen and oxygen atoms in total. The first kappa shape index (κ1) is 15.2. The highest BCUT2D eigenvalue weighted by atomic mass is 127. The lowest BCUT2D eigenvalue weighted by Gasteiger charge is -2.21. The summed E-state index contributed by atoms with van der Waals surface area (Å²) < 4.78 is 28.1. The number of hydrogen-bond acceptors (Lipinski definition) is 6. The van der Waals surface area contributed by atoms with Crippen LogP contribution in [0.3, 0.4) is 0 Å². The maximum Gasteiger partial charge on any atom is 0.338 e. The van der Waals surface area contributed by atoms with Crippen LogP contribution in [0, 0.1) is 3.57 Å². The minimum Gasteiger partial charge on any atom is -0.465 e. The van der Waals surface area contributed by atoms with Gasteiger partial charge in [-0.3, -0.25) is 0 Å². The maximum absolute atomic E-state index is 12.1. The second kappa shape index (κ2) is 6.57. The molecule has 2 aliphatic heterocycles. The molecule has 7 heteroatoms. The van der Waals surface area contributed by atoms with Crippen LogP contribution in [0.1, 0.15) is 34.1 Å². The van der Waals surface area contributed by atoms with Crippen LogP contribution >= 0.6 is 22.6 Å². The van der Waals surface area contributed by atoms with E-state index in [0.717, 1.165) is 9.13 Å². The van der Waals surface area contributed by atoms with Crippen molar-refractivity contribution in [1.82, 2.24) is 0 Å². The quantitative estimate of drug-likeness (QED) is 0.567. The summed E-state index contributed by atoms with van der Waals surface area (Å²) in [5.74, 6) is -0.429. The molecule has 2 fully saturated rings. The highest BCUT2D eigenvalue weighted by molar-refractivity contribution is 14.1. The van der Waals surface area contributed by atoms with Crippen molar-refractivity contribution in [3.63, 3.8) is 0 Å². The molecule has 0 amide bonds. The SMILES string of the molecule is COC(=O)c1cc(I)cc(C2OCCO2)c1C1OCCO1. The lowest BCUT2D eigenvalue weighted by atomic mass is 9.99. The topological polar surface area (TPSA) is 63.2 Å². The first-order valence-corrected chi connectivity index (χ1v) is 7.66. The van der Waals surface area contributed by atoms with Crippen LogP contribution in [0.25, 0.3) is 0 Å². The van der Waals surface area contributed by atoms with Crippen LogP contribution in [0.15, 0.2) is 12.1 Å². The number of hydrogen-bond donors (Lipinski definition) is 0. The third-order valence-corrected chi connectivity index (χ3v) is 3.94. The highest BCUT2D eigenvalue weighted by Crippen LogP contribution is 2.37. The average molecular weight is 406 g/mol. The van der Waals surface area contributed by atoms with Crippen molar-refractivity contribution < 1.29 is 28.5 Å². The fourth-order valence-electron chi connectivity index (χ4n) is 2.44. The molecule has 0 unspecified atom stereocenters. The number of ether oxygens (including phenoxy) is 5. The van der Waals surface area contributed by atoms with Crippen LogP contribution in [0.4, 0.5) is 0 Å². The summed E-state index contributed by atoms with van der Waals surface area (Å²) in [6.45, 7) is 2.03. The molecule has 0 radical (unpaired) electrons. The van der Waals surface area contributed by atoms with E-state index < -0.39 is 18.5 Å². The van der Waals surface area contributed by atoms with Crippen molar-refractivity contribution in [2.45, 2.75) is 12.6 Å². The van der Waals surface area contributed by atoms with Crippen LogP contribution in [-0.2, 0) is 23.7 Å². The fourth-order valence-corrected chi connectivity index (χ4v) is 3.09. The Morgan fingerprint density at radius 1 is 1.10 bits per heavy atom. The Labute approximate surface area is 135 Å². The molecule has 0 saturated carbocycles. The lowest BCUT2D eigenvalue weighted by Crippen LogP contribution is -2.16. The molecule has 2 heterocycles. The molecule has 0 aromatic heterocycles. The lowest BCUT2D eigenvalue weighted by molar-refractivity contribution is -0.0642. The maximum atomic E-state index is 12.1. The number of halogens is 1. The summed E-state index contributed by atoms with van der Waals surface area (Å²) in [6.07, 6.45) is -1.11. The van der Waals surface area contributed by atoms with Gasteiger partial charge in [0.2, 0.25) is 0 Å². The highest BCUT2D eigenvalue weighted by Gasteiger charge is 2.32. The number of carbonyl (C=O) groups excluding carboxylic acids is 1. The Balaban J connectivity index is 2.11. The summed E-state index contributed by atoms with van der Waals surface area (Å²) in [7, 11) is 1.35. The van der Waals surface area contributed by atoms with E-state index in [9.17, 15) is 4.79 Å². The number of carbonyl (C=O) groups is 1. The van der Waals surface area contributed by atoms with Gasteiger partial charge in [-0.2, -0.15) is 0 Å². The van der Waals surface area contributed by atoms with E-state index in [2.05, 4.69) is 22.6 Å². The van der Waals surface area contributed by atoms with Gasteiger partial charge in [0.1, 0.15) is 0 Å². The molecular weight excluding hydrogens is 391 g/mol. The van der Waals surface area contributed by atoms with Crippen molar-refractivity contribution in [3.8, 4) is 0 Å². The Morgan fingerprint density at radius 2 is 1.67 bits per heavy atom. The van der Waals surface area contributed by atoms with E-state index >= 15 is 0 Å². The Morgan fingerprint density at radius 3 is 2.24 bits per heavy atom. The third-order valence-electron chi connectivity index (χ3n) is 3.32. The van der Waals surface area contributed by atoms with Crippen LogP contribution in [0.5, 0.6) is 0 Å². The fraction of sp³-hybridized carbons (Fsp3) is 0.500. The number of rotatable bonds is 3. The summed E-state index contributed by atoms with van der Waals surface area (Å²) >= 11 is 2.15. The van der Waals surface area contributed by atoms with E-state index in [1.165, 1.54) is 7.11 Å². The first-order chi connectivity index (χ1) is 10.2. The predicted molar refractivity (Wildman–Crippen MR) is 79.8 cm³/mol. The van der Waals surface area contributed by atoms with Gasteiger partial charge in [-0.25, -0.2) is 4.79 Å². The summed E-state index contributed by atoms with van der Waals surface area (Å²) in [4.78, 5) is 12.1. The molecule has 0 aliphatic carbocycles. The molecule has 1 aromatic rings. The third kappa shape index (κ3) is 3.07. The molecule has 1 aromatic carbocycles. The number of methoxy groups -OCH3 is 1. The summed E-state index contributed by atoms with van der Waals surface area (Å²) in [5.41, 5.74) is 1.81. The van der Waals surface area contributed by atoms with Crippen LogP contribution in [0.2, 0.25) is 0 Å². The van der Waals surface area contributed by atoms with Gasteiger partial charge in [0.15, 0.2) is 12.6 Å². The van der Waals surface area contributed by atoms with Gasteiger partial charge in [-0.05, 0) is 34.7 Å². The second-order valence-corrected chi connectivity index (χ2v) is 5.84. The monoisotopic (exact) mass is 406 g/mol. The summed E-state index contributed by atoms with van der Waals surface area (Å²) in [5, 5.41) is 0. The molecule has 114 valence electrons. The van der Waals surface area contributed by atoms with Gasteiger partial charge < -0.3 is 23.7 Å². The molecule has 0 N–H and O–H groups in total. The van der Waals surface area contributed by atoms with Crippen LogP contribution in [-0.4, -0.2) is 39.5 Å². The van der Waals surface area contributed by atoms with Gasteiger partial charge in [-0.1, -0.05) is 0 Å². The Kier molecular flexibility index (Phi) is 4.75. The molecule has 2 aliphatic rings. The smallest absolute Gasteiger partial charge is 0.338 e. The predicted octanol–water partition coefficient (Wildman–Crippen LogP) is 2.17. The van der Waals surface area contributed by atoms with E-state index in [1.807, 2.05) is 6.07 Å². The Bertz CT molecular complexity index is 535. The van der Waals surface area contributed by atoms with E-state index in [-0.39, 0.29) is 0 Å². The molecule has 0 spiro atoms. The van der Waals surface area contributed by atoms with E-state index in [4.69, 9.17) is 23.7 Å². The van der Waals surface area contributed by atoms with Crippen LogP contribution < -0.4 is 0 Å². The zero-order chi connectivity index (χ0) is 14.8. The minimum atomic E-state index is -0.598. The molecular formula is C14H15IO6. The van der Waals surface area contributed by atoms with E-state index in [0.29, 0.717) is 37.6 Å². The minimum absolute atomic E-state index is 0.422. The van der Waals surface area contributed by atoms with Crippen molar-refractivity contribution in [1.29, 1.82) is 0 Å². The normalized spacial score (nSPS) is 20.1. The van der Waals surface area contributed by atoms with Gasteiger partial charge in [0.05, 0.1) is 39.1 Å². The first-order valence-electron chi connectivity index (χ1n) is 6.59. The summed E-state index contributed by atoms with van der Waals surface area (Å²) in [6, 6.07) is 3.68. The van der Waals surface area contributed by atoms with Crippen molar-refractivity contribution in [2.75, 3.05) is 33.5 Å². The van der Waals surface area contributed by atoms with E-state index in [1.54, 1.807) is 6.07 Å². The molecule has 0 bridgehead atoms. The van der Waals surface area contributed by atoms with Crippen molar-refractivity contribution in [2.24, 2.45) is 0 Å². The zero-order valence-corrected chi connectivity index (χ0v) is 13.6. The van der Waals surface area contributed by atoms with Gasteiger partial charge in [0, 0.05) is 14.7 Å². The molecule has 3 rings (SSSR count). The zero-order valence-electron chi connectivity index (χ0n) is 11.5. The standard InChI is InChI=1S/C14H15IO6/c1-17-12(16)9-6-8(15)7-10(13-18-2-3-19-13)11(9)14-20-4-5-21-14/h6-7,13-14H,2-5H2,1H3. The largest absolute Gasteiger partial charge is 0.465 e. The van der Waals surface area contributed by atoms with Gasteiger partial charge in [-0.15, -0.1) is 0 Å². The Hall–Kier alpha value is -0.740. The molecule has 21 heavy (non-hydrogen) atoms. The second-order valence-electron chi connectivity index (χ2n) is 4.59.